The smallest absolute Gasteiger partial charge is 0.248 e. The minimum atomic E-state index is -1.16. The number of carbonyl (C=O) groups excluding carboxylic acids is 3. The van der Waals surface area contributed by atoms with Crippen molar-refractivity contribution in [2.45, 2.75) is 58.5 Å². The summed E-state index contributed by atoms with van der Waals surface area (Å²) in [5.41, 5.74) is 0.268. The second kappa shape index (κ2) is 13.3. The number of nitrogens with zero attached hydrogens (tertiary/aromatic N) is 2. The molecule has 10 nitrogen and oxygen atoms in total. The van der Waals surface area contributed by atoms with E-state index in [4.69, 9.17) is 25.6 Å². The van der Waals surface area contributed by atoms with Gasteiger partial charge in [0.25, 0.3) is 0 Å². The van der Waals surface area contributed by atoms with Gasteiger partial charge in [-0.05, 0) is 57.5 Å². The zero-order valence-electron chi connectivity index (χ0n) is 23.5. The highest BCUT2D eigenvalue weighted by Gasteiger charge is 2.37. The van der Waals surface area contributed by atoms with Gasteiger partial charge in [0.05, 0.1) is 14.2 Å². The fourth-order valence-electron chi connectivity index (χ4n) is 4.03. The van der Waals surface area contributed by atoms with Crippen LogP contribution in [-0.4, -0.2) is 42.6 Å². The van der Waals surface area contributed by atoms with E-state index in [1.807, 2.05) is 20.8 Å². The number of aromatic nitrogens is 1. The highest BCUT2D eigenvalue weighted by molar-refractivity contribution is 6.30. The van der Waals surface area contributed by atoms with E-state index in [1.54, 1.807) is 55.5 Å². The summed E-state index contributed by atoms with van der Waals surface area (Å²) in [4.78, 5) is 41.9. The topological polar surface area (TPSA) is 123 Å². The number of ether oxygens (including phenoxy) is 2. The summed E-state index contributed by atoms with van der Waals surface area (Å²) in [6.45, 7) is 7.46. The second-order valence-corrected chi connectivity index (χ2v) is 10.3. The van der Waals surface area contributed by atoms with Crippen molar-refractivity contribution >= 4 is 40.8 Å². The standard InChI is InChI=1S/C29H35ClN4O6/c1-7-29(3,4)32-28(37)26(21-9-8-10-22(38-5)27(21)39-6)34(20-13-11-19(30)12-14-20)25(36)16-15-24(35)31-23-17-18(2)40-33-23/h8-14,17,26H,7,15-16H2,1-6H3,(H,32,37)(H,31,33,35). The van der Waals surface area contributed by atoms with E-state index in [0.717, 1.165) is 0 Å². The molecule has 0 spiro atoms. The lowest BCUT2D eigenvalue weighted by atomic mass is 9.97. The predicted octanol–water partition coefficient (Wildman–Crippen LogP) is 5.45. The predicted molar refractivity (Wildman–Crippen MR) is 153 cm³/mol. The van der Waals surface area contributed by atoms with Crippen LogP contribution in [0, 0.1) is 6.92 Å². The van der Waals surface area contributed by atoms with E-state index in [1.165, 1.54) is 19.1 Å². The largest absolute Gasteiger partial charge is 0.493 e. The van der Waals surface area contributed by atoms with Gasteiger partial charge in [-0.25, -0.2) is 0 Å². The van der Waals surface area contributed by atoms with Crippen molar-refractivity contribution in [2.24, 2.45) is 0 Å². The molecule has 2 N–H and O–H groups in total. The minimum absolute atomic E-state index is 0.154. The van der Waals surface area contributed by atoms with E-state index in [2.05, 4.69) is 15.8 Å². The average Bonchev–Trinajstić information content (AvgIpc) is 3.34. The molecule has 0 aliphatic heterocycles. The van der Waals surface area contributed by atoms with E-state index in [-0.39, 0.29) is 18.7 Å². The van der Waals surface area contributed by atoms with Crippen LogP contribution in [0.1, 0.15) is 57.4 Å². The number of carbonyl (C=O) groups is 3. The van der Waals surface area contributed by atoms with Crippen molar-refractivity contribution in [1.29, 1.82) is 0 Å². The van der Waals surface area contributed by atoms with E-state index < -0.39 is 29.3 Å². The molecule has 2 aromatic carbocycles. The number of hydrogen-bond donors (Lipinski definition) is 2. The molecular formula is C29H35ClN4O6. The van der Waals surface area contributed by atoms with Crippen LogP contribution in [0.3, 0.4) is 0 Å². The molecule has 1 aromatic heterocycles. The van der Waals surface area contributed by atoms with Gasteiger partial charge in [-0.15, -0.1) is 0 Å². The molecular weight excluding hydrogens is 536 g/mol. The highest BCUT2D eigenvalue weighted by Crippen LogP contribution is 2.39. The van der Waals surface area contributed by atoms with Crippen LogP contribution < -0.4 is 25.0 Å². The summed E-state index contributed by atoms with van der Waals surface area (Å²) >= 11 is 6.14. The van der Waals surface area contributed by atoms with Crippen molar-refractivity contribution in [2.75, 3.05) is 24.4 Å². The molecule has 3 amide bonds. The van der Waals surface area contributed by atoms with E-state index >= 15 is 0 Å². The fourth-order valence-corrected chi connectivity index (χ4v) is 4.15. The molecule has 0 saturated heterocycles. The minimum Gasteiger partial charge on any atom is -0.493 e. The van der Waals surface area contributed by atoms with Crippen LogP contribution in [0.2, 0.25) is 5.02 Å². The summed E-state index contributed by atoms with van der Waals surface area (Å²) in [5.74, 6) is 0.187. The Balaban J connectivity index is 2.06. The number of amides is 3. The summed E-state index contributed by atoms with van der Waals surface area (Å²) in [7, 11) is 2.96. The lowest BCUT2D eigenvalue weighted by molar-refractivity contribution is -0.128. The Bertz CT molecular complexity index is 1340. The van der Waals surface area contributed by atoms with Gasteiger partial charge in [0, 0.05) is 40.7 Å². The summed E-state index contributed by atoms with van der Waals surface area (Å²) in [6.07, 6.45) is 0.300. The number of benzene rings is 2. The molecule has 0 saturated carbocycles. The van der Waals surface area contributed by atoms with Crippen LogP contribution in [-0.2, 0) is 14.4 Å². The number of para-hydroxylation sites is 1. The molecule has 0 radical (unpaired) electrons. The summed E-state index contributed by atoms with van der Waals surface area (Å²) in [5, 5.41) is 9.88. The number of hydrogen-bond acceptors (Lipinski definition) is 7. The summed E-state index contributed by atoms with van der Waals surface area (Å²) in [6, 6.07) is 12.1. The SMILES string of the molecule is CCC(C)(C)NC(=O)C(c1cccc(OC)c1OC)N(C(=O)CCC(=O)Nc1cc(C)on1)c1ccc(Cl)cc1. The van der Waals surface area contributed by atoms with Crippen molar-refractivity contribution in [3.8, 4) is 11.5 Å². The third-order valence-corrected chi connectivity index (χ3v) is 6.67. The fraction of sp³-hybridized carbons (Fsp3) is 0.379. The molecule has 214 valence electrons. The lowest BCUT2D eigenvalue weighted by Crippen LogP contribution is -2.50. The van der Waals surface area contributed by atoms with Gasteiger partial charge in [0.2, 0.25) is 17.7 Å². The molecule has 0 aliphatic carbocycles. The summed E-state index contributed by atoms with van der Waals surface area (Å²) < 4.78 is 16.1. The first kappa shape index (κ1) is 30.5. The van der Waals surface area contributed by atoms with Crippen molar-refractivity contribution in [3.63, 3.8) is 0 Å². The van der Waals surface area contributed by atoms with Crippen LogP contribution in [0.4, 0.5) is 11.5 Å². The molecule has 0 fully saturated rings. The van der Waals surface area contributed by atoms with E-state index in [9.17, 15) is 14.4 Å². The van der Waals surface area contributed by atoms with Gasteiger partial charge < -0.3 is 24.6 Å². The maximum absolute atomic E-state index is 14.0. The van der Waals surface area contributed by atoms with Gasteiger partial charge >= 0.3 is 0 Å². The zero-order valence-corrected chi connectivity index (χ0v) is 24.3. The first-order valence-electron chi connectivity index (χ1n) is 12.8. The molecule has 3 rings (SSSR count). The van der Waals surface area contributed by atoms with Crippen LogP contribution in [0.5, 0.6) is 11.5 Å². The third-order valence-electron chi connectivity index (χ3n) is 6.41. The van der Waals surface area contributed by atoms with Crippen molar-refractivity contribution in [1.82, 2.24) is 10.5 Å². The maximum Gasteiger partial charge on any atom is 0.248 e. The van der Waals surface area contributed by atoms with Gasteiger partial charge in [-0.2, -0.15) is 0 Å². The quantitative estimate of drug-likeness (QED) is 0.297. The lowest BCUT2D eigenvalue weighted by Gasteiger charge is -2.35. The first-order chi connectivity index (χ1) is 19.0. The number of methoxy groups -OCH3 is 2. The third kappa shape index (κ3) is 7.53. The molecule has 40 heavy (non-hydrogen) atoms. The normalized spacial score (nSPS) is 11.9. The van der Waals surface area contributed by atoms with Gasteiger partial charge in [-0.3, -0.25) is 19.3 Å². The monoisotopic (exact) mass is 570 g/mol. The zero-order chi connectivity index (χ0) is 29.4. The van der Waals surface area contributed by atoms with Crippen molar-refractivity contribution < 1.29 is 28.4 Å². The van der Waals surface area contributed by atoms with Gasteiger partial charge in [0.15, 0.2) is 17.3 Å². The number of halogens is 1. The number of aryl methyl sites for hydroxylation is 1. The van der Waals surface area contributed by atoms with Gasteiger partial charge in [0.1, 0.15) is 11.8 Å². The van der Waals surface area contributed by atoms with Crippen LogP contribution in [0.15, 0.2) is 53.1 Å². The molecule has 0 bridgehead atoms. The maximum atomic E-state index is 14.0. The molecule has 1 unspecified atom stereocenters. The van der Waals surface area contributed by atoms with Crippen LogP contribution >= 0.6 is 11.6 Å². The van der Waals surface area contributed by atoms with Crippen molar-refractivity contribution in [3.05, 3.63) is 64.9 Å². The molecule has 11 heteroatoms. The molecule has 1 atom stereocenters. The number of anilines is 2. The Hall–Kier alpha value is -4.05. The van der Waals surface area contributed by atoms with Crippen LogP contribution in [0.25, 0.3) is 0 Å². The Morgan fingerprint density at radius 1 is 1.07 bits per heavy atom. The van der Waals surface area contributed by atoms with Gasteiger partial charge in [-0.1, -0.05) is 35.8 Å². The second-order valence-electron chi connectivity index (χ2n) is 9.82. The number of rotatable bonds is 12. The Kier molecular flexibility index (Phi) is 10.2. The Morgan fingerprint density at radius 3 is 2.35 bits per heavy atom. The first-order valence-corrected chi connectivity index (χ1v) is 13.2. The highest BCUT2D eigenvalue weighted by atomic mass is 35.5. The average molecular weight is 571 g/mol. The molecule has 1 heterocycles. The molecule has 0 aliphatic rings. The van der Waals surface area contributed by atoms with E-state index in [0.29, 0.717) is 40.0 Å². The molecule has 3 aromatic rings. The Labute approximate surface area is 238 Å². The Morgan fingerprint density at radius 2 is 1.77 bits per heavy atom. The number of nitrogens with one attached hydrogen (secondary N) is 2.